The Hall–Kier alpha value is -1.65. The minimum Gasteiger partial charge on any atom is -0.481 e. The molecule has 0 saturated heterocycles. The summed E-state index contributed by atoms with van der Waals surface area (Å²) in [5.41, 5.74) is -0.0324. The fourth-order valence-corrected chi connectivity index (χ4v) is 7.04. The molecule has 5 nitrogen and oxygen atoms in total. The van der Waals surface area contributed by atoms with Crippen LogP contribution in [0.3, 0.4) is 0 Å². The third-order valence-corrected chi connectivity index (χ3v) is 8.17. The first-order valence-corrected chi connectivity index (χ1v) is 9.38. The number of hydrogen-bond acceptors (Lipinski definition) is 4. The third kappa shape index (κ3) is 1.92. The maximum atomic E-state index is 12.4. The molecule has 25 heavy (non-hydrogen) atoms. The average molecular weight is 346 g/mol. The van der Waals surface area contributed by atoms with Crippen LogP contribution in [0.2, 0.25) is 0 Å². The van der Waals surface area contributed by atoms with Gasteiger partial charge in [0.15, 0.2) is 0 Å². The van der Waals surface area contributed by atoms with Gasteiger partial charge in [-0.25, -0.2) is 9.59 Å². The Morgan fingerprint density at radius 1 is 1.04 bits per heavy atom. The molecule has 1 aliphatic heterocycles. The SMILES string of the molecule is C[C@]12CCC[C@](C)(C(=O)O)[C@@H]1CC[C@@]1(C)C3=C(CC[C@H]21)C(=O)OC3=O. The van der Waals surface area contributed by atoms with Crippen LogP contribution >= 0.6 is 0 Å². The first kappa shape index (κ1) is 16.8. The number of carbonyl (C=O) groups excluding carboxylic acids is 2. The molecule has 0 radical (unpaired) electrons. The molecule has 4 rings (SSSR count). The lowest BCUT2D eigenvalue weighted by atomic mass is 9.40. The third-order valence-electron chi connectivity index (χ3n) is 8.17. The summed E-state index contributed by atoms with van der Waals surface area (Å²) in [6.07, 6.45) is 5.56. The lowest BCUT2D eigenvalue weighted by Gasteiger charge is -2.63. The number of esters is 2. The normalized spacial score (nSPS) is 46.2. The van der Waals surface area contributed by atoms with E-state index in [0.717, 1.165) is 38.5 Å². The molecule has 1 N–H and O–H groups in total. The molecule has 0 spiro atoms. The van der Waals surface area contributed by atoms with Gasteiger partial charge < -0.3 is 9.84 Å². The maximum Gasteiger partial charge on any atom is 0.343 e. The number of rotatable bonds is 1. The van der Waals surface area contributed by atoms with E-state index in [0.29, 0.717) is 17.6 Å². The number of carbonyl (C=O) groups is 3. The number of fused-ring (bicyclic) bond motifs is 4. The van der Waals surface area contributed by atoms with Gasteiger partial charge in [0, 0.05) is 11.0 Å². The van der Waals surface area contributed by atoms with Crippen molar-refractivity contribution < 1.29 is 24.2 Å². The zero-order chi connectivity index (χ0) is 18.2. The van der Waals surface area contributed by atoms with E-state index in [4.69, 9.17) is 4.74 Å². The minimum atomic E-state index is -0.699. The summed E-state index contributed by atoms with van der Waals surface area (Å²) < 4.78 is 4.92. The molecule has 0 aromatic carbocycles. The van der Waals surface area contributed by atoms with Gasteiger partial charge in [-0.2, -0.15) is 0 Å². The summed E-state index contributed by atoms with van der Waals surface area (Å²) in [7, 11) is 0. The van der Waals surface area contributed by atoms with Crippen molar-refractivity contribution in [2.75, 3.05) is 0 Å². The van der Waals surface area contributed by atoms with Crippen molar-refractivity contribution in [1.29, 1.82) is 0 Å². The first-order valence-electron chi connectivity index (χ1n) is 9.38. The Labute approximate surface area is 147 Å². The van der Waals surface area contributed by atoms with Gasteiger partial charge in [-0.1, -0.05) is 20.3 Å². The van der Waals surface area contributed by atoms with Crippen LogP contribution < -0.4 is 0 Å². The second-order valence-electron chi connectivity index (χ2n) is 9.21. The number of carboxylic acid groups (broad SMARTS) is 1. The zero-order valence-corrected chi connectivity index (χ0v) is 15.2. The number of aliphatic carboxylic acids is 1. The smallest absolute Gasteiger partial charge is 0.343 e. The number of hydrogen-bond donors (Lipinski definition) is 1. The fraction of sp³-hybridized carbons (Fsp3) is 0.750. The Balaban J connectivity index is 1.81. The van der Waals surface area contributed by atoms with Crippen LogP contribution in [0.4, 0.5) is 0 Å². The number of carboxylic acids is 1. The number of ether oxygens (including phenoxy) is 1. The van der Waals surface area contributed by atoms with E-state index in [2.05, 4.69) is 13.8 Å². The van der Waals surface area contributed by atoms with E-state index in [1.165, 1.54) is 0 Å². The Morgan fingerprint density at radius 3 is 2.44 bits per heavy atom. The van der Waals surface area contributed by atoms with Crippen molar-refractivity contribution in [3.8, 4) is 0 Å². The molecule has 5 atom stereocenters. The largest absolute Gasteiger partial charge is 0.481 e. The molecular formula is C20H26O5. The average Bonchev–Trinajstić information content (AvgIpc) is 2.82. The van der Waals surface area contributed by atoms with Crippen LogP contribution in [0.25, 0.3) is 0 Å². The molecular weight excluding hydrogens is 320 g/mol. The molecule has 0 aromatic rings. The van der Waals surface area contributed by atoms with Gasteiger partial charge in [-0.05, 0) is 62.7 Å². The molecule has 0 bridgehead atoms. The summed E-state index contributed by atoms with van der Waals surface area (Å²) in [5.74, 6) is -1.30. The predicted octanol–water partition coefficient (Wildman–Crippen LogP) is 3.47. The molecule has 0 aromatic heterocycles. The van der Waals surface area contributed by atoms with Crippen molar-refractivity contribution in [3.05, 3.63) is 11.1 Å². The monoisotopic (exact) mass is 346 g/mol. The van der Waals surface area contributed by atoms with E-state index in [1.807, 2.05) is 6.92 Å². The van der Waals surface area contributed by atoms with E-state index < -0.39 is 23.3 Å². The van der Waals surface area contributed by atoms with Crippen molar-refractivity contribution >= 4 is 17.9 Å². The highest BCUT2D eigenvalue weighted by Gasteiger charge is 2.64. The van der Waals surface area contributed by atoms with Crippen LogP contribution in [0, 0.1) is 28.1 Å². The standard InChI is InChI=1S/C20H26O5/c1-18-8-4-9-20(3,17(23)24)13(18)7-10-19(2)12(18)6-5-11-14(19)16(22)25-15(11)21/h12-13H,4-10H2,1-3H3,(H,23,24)/t12-,13-,18-,19-,20+/m1/s1. The Morgan fingerprint density at radius 2 is 1.76 bits per heavy atom. The number of cyclic esters (lactones) is 2. The quantitative estimate of drug-likeness (QED) is 0.581. The fourth-order valence-electron chi connectivity index (χ4n) is 7.04. The predicted molar refractivity (Wildman–Crippen MR) is 89.4 cm³/mol. The van der Waals surface area contributed by atoms with Gasteiger partial charge in [0.2, 0.25) is 0 Å². The summed E-state index contributed by atoms with van der Waals surface area (Å²) in [6, 6.07) is 0. The van der Waals surface area contributed by atoms with E-state index in [9.17, 15) is 19.5 Å². The topological polar surface area (TPSA) is 80.7 Å². The molecule has 2 saturated carbocycles. The lowest BCUT2D eigenvalue weighted by molar-refractivity contribution is -0.176. The van der Waals surface area contributed by atoms with Crippen LogP contribution in [0.5, 0.6) is 0 Å². The van der Waals surface area contributed by atoms with Gasteiger partial charge in [0.25, 0.3) is 0 Å². The first-order chi connectivity index (χ1) is 11.6. The van der Waals surface area contributed by atoms with E-state index in [1.54, 1.807) is 0 Å². The minimum absolute atomic E-state index is 0.111. The maximum absolute atomic E-state index is 12.4. The second-order valence-corrected chi connectivity index (χ2v) is 9.21. The van der Waals surface area contributed by atoms with Crippen LogP contribution in [0.15, 0.2) is 11.1 Å². The molecule has 5 heteroatoms. The summed E-state index contributed by atoms with van der Waals surface area (Å²) in [4.78, 5) is 36.5. The summed E-state index contributed by atoms with van der Waals surface area (Å²) >= 11 is 0. The van der Waals surface area contributed by atoms with Crippen LogP contribution in [0.1, 0.15) is 65.7 Å². The molecule has 136 valence electrons. The highest BCUT2D eigenvalue weighted by atomic mass is 16.6. The van der Waals surface area contributed by atoms with Gasteiger partial charge in [-0.3, -0.25) is 4.79 Å². The van der Waals surface area contributed by atoms with Crippen LogP contribution in [-0.4, -0.2) is 23.0 Å². The van der Waals surface area contributed by atoms with Crippen molar-refractivity contribution in [2.24, 2.45) is 28.1 Å². The molecule has 2 fully saturated rings. The molecule has 0 unspecified atom stereocenters. The Bertz CT molecular complexity index is 722. The van der Waals surface area contributed by atoms with Gasteiger partial charge in [-0.15, -0.1) is 0 Å². The van der Waals surface area contributed by atoms with Crippen molar-refractivity contribution in [2.45, 2.75) is 65.7 Å². The van der Waals surface area contributed by atoms with Crippen LogP contribution in [-0.2, 0) is 19.1 Å². The second kappa shape index (κ2) is 4.95. The summed E-state index contributed by atoms with van der Waals surface area (Å²) in [6.45, 7) is 6.23. The highest BCUT2D eigenvalue weighted by Crippen LogP contribution is 2.68. The van der Waals surface area contributed by atoms with E-state index >= 15 is 0 Å². The lowest BCUT2D eigenvalue weighted by Crippen LogP contribution is -2.58. The van der Waals surface area contributed by atoms with E-state index in [-0.39, 0.29) is 22.7 Å². The van der Waals surface area contributed by atoms with Gasteiger partial charge in [0.05, 0.1) is 11.0 Å². The summed E-state index contributed by atoms with van der Waals surface area (Å²) in [5, 5.41) is 9.91. The molecule has 3 aliphatic carbocycles. The highest BCUT2D eigenvalue weighted by molar-refractivity contribution is 6.13. The molecule has 1 heterocycles. The Kier molecular flexibility index (Phi) is 3.33. The zero-order valence-electron chi connectivity index (χ0n) is 15.2. The van der Waals surface area contributed by atoms with Gasteiger partial charge >= 0.3 is 17.9 Å². The van der Waals surface area contributed by atoms with Crippen molar-refractivity contribution in [1.82, 2.24) is 0 Å². The molecule has 4 aliphatic rings. The molecule has 0 amide bonds. The van der Waals surface area contributed by atoms with Gasteiger partial charge in [0.1, 0.15) is 0 Å². The van der Waals surface area contributed by atoms with Crippen molar-refractivity contribution in [3.63, 3.8) is 0 Å².